The standard InChI is InChI=1S/C14H23O4Si/c1-10-6-11(7-17-10)13(16)12(15)8-18-19(5)9-14(2,3)4/h6-7,15-16H,8-9H2,1-5H3/b13-12+. The Morgan fingerprint density at radius 3 is 2.47 bits per heavy atom. The summed E-state index contributed by atoms with van der Waals surface area (Å²) in [5.41, 5.74) is 0.686. The lowest BCUT2D eigenvalue weighted by atomic mass is 10.0. The van der Waals surface area contributed by atoms with Crippen molar-refractivity contribution in [3.8, 4) is 0 Å². The third-order valence-corrected chi connectivity index (χ3v) is 4.71. The minimum absolute atomic E-state index is 0.0386. The monoisotopic (exact) mass is 283 g/mol. The van der Waals surface area contributed by atoms with Crippen LogP contribution in [0.4, 0.5) is 0 Å². The van der Waals surface area contributed by atoms with Crippen LogP contribution < -0.4 is 0 Å². The van der Waals surface area contributed by atoms with Gasteiger partial charge in [0.25, 0.3) is 0 Å². The normalized spacial score (nSPS) is 13.8. The molecule has 0 saturated carbocycles. The van der Waals surface area contributed by atoms with Crippen molar-refractivity contribution in [1.29, 1.82) is 0 Å². The van der Waals surface area contributed by atoms with Gasteiger partial charge in [0.15, 0.2) is 11.5 Å². The van der Waals surface area contributed by atoms with Gasteiger partial charge in [0, 0.05) is 0 Å². The summed E-state index contributed by atoms with van der Waals surface area (Å²) in [6, 6.07) is 2.65. The third-order valence-electron chi connectivity index (χ3n) is 2.51. The number of aryl methyl sites for hydroxylation is 1. The lowest BCUT2D eigenvalue weighted by molar-refractivity contribution is 0.258. The average Bonchev–Trinajstić information content (AvgIpc) is 2.69. The molecule has 0 fully saturated rings. The van der Waals surface area contributed by atoms with Crippen molar-refractivity contribution in [1.82, 2.24) is 0 Å². The van der Waals surface area contributed by atoms with Gasteiger partial charge >= 0.3 is 0 Å². The zero-order chi connectivity index (χ0) is 14.6. The zero-order valence-electron chi connectivity index (χ0n) is 12.3. The van der Waals surface area contributed by atoms with Crippen LogP contribution in [0.3, 0.4) is 0 Å². The summed E-state index contributed by atoms with van der Waals surface area (Å²) in [6.07, 6.45) is 1.41. The number of aliphatic hydroxyl groups excluding tert-OH is 2. The van der Waals surface area contributed by atoms with E-state index in [9.17, 15) is 10.2 Å². The molecule has 0 amide bonds. The average molecular weight is 283 g/mol. The van der Waals surface area contributed by atoms with Gasteiger partial charge in [-0.2, -0.15) is 0 Å². The van der Waals surface area contributed by atoms with E-state index in [4.69, 9.17) is 8.84 Å². The van der Waals surface area contributed by atoms with Gasteiger partial charge < -0.3 is 19.1 Å². The highest BCUT2D eigenvalue weighted by molar-refractivity contribution is 6.50. The Labute approximate surface area is 116 Å². The highest BCUT2D eigenvalue weighted by Crippen LogP contribution is 2.23. The number of hydrogen-bond acceptors (Lipinski definition) is 4. The maximum absolute atomic E-state index is 9.85. The van der Waals surface area contributed by atoms with Crippen molar-refractivity contribution in [2.75, 3.05) is 6.61 Å². The van der Waals surface area contributed by atoms with Gasteiger partial charge in [0.2, 0.25) is 9.04 Å². The van der Waals surface area contributed by atoms with Crippen LogP contribution in [0, 0.1) is 12.3 Å². The van der Waals surface area contributed by atoms with Crippen LogP contribution in [0.2, 0.25) is 12.6 Å². The van der Waals surface area contributed by atoms with Crippen LogP contribution in [-0.4, -0.2) is 25.9 Å². The molecule has 0 aliphatic heterocycles. The maximum atomic E-state index is 9.85. The molecule has 0 spiro atoms. The Balaban J connectivity index is 2.57. The van der Waals surface area contributed by atoms with Crippen LogP contribution in [0.1, 0.15) is 32.1 Å². The van der Waals surface area contributed by atoms with Crippen molar-refractivity contribution >= 4 is 14.8 Å². The van der Waals surface area contributed by atoms with E-state index in [1.165, 1.54) is 6.26 Å². The molecule has 0 bridgehead atoms. The first-order valence-electron chi connectivity index (χ1n) is 6.31. The number of rotatable bonds is 5. The first-order valence-corrected chi connectivity index (χ1v) is 8.42. The molecular formula is C14H23O4Si. The SMILES string of the molecule is Cc1cc(/C(O)=C(\O)CO[Si](C)CC(C)(C)C)co1. The maximum Gasteiger partial charge on any atom is 0.209 e. The number of hydrogen-bond donors (Lipinski definition) is 2. The second kappa shape index (κ2) is 6.30. The van der Waals surface area contributed by atoms with Gasteiger partial charge in [-0.05, 0) is 31.0 Å². The van der Waals surface area contributed by atoms with Gasteiger partial charge in [-0.25, -0.2) is 0 Å². The fourth-order valence-corrected chi connectivity index (χ4v) is 3.77. The molecule has 19 heavy (non-hydrogen) atoms. The van der Waals surface area contributed by atoms with E-state index < -0.39 is 9.04 Å². The van der Waals surface area contributed by atoms with Crippen molar-refractivity contribution in [2.24, 2.45) is 5.41 Å². The molecule has 0 aliphatic rings. The highest BCUT2D eigenvalue weighted by atomic mass is 28.3. The van der Waals surface area contributed by atoms with Gasteiger partial charge in [-0.15, -0.1) is 0 Å². The fourth-order valence-electron chi connectivity index (χ4n) is 1.79. The molecule has 107 valence electrons. The lowest BCUT2D eigenvalue weighted by Crippen LogP contribution is -2.22. The Kier molecular flexibility index (Phi) is 5.26. The lowest BCUT2D eigenvalue weighted by Gasteiger charge is -2.21. The summed E-state index contributed by atoms with van der Waals surface area (Å²) >= 11 is 0. The van der Waals surface area contributed by atoms with Gasteiger partial charge in [-0.1, -0.05) is 20.8 Å². The summed E-state index contributed by atoms with van der Waals surface area (Å²) in [6.45, 7) is 10.4. The molecule has 0 saturated heterocycles. The number of aliphatic hydroxyl groups is 2. The van der Waals surface area contributed by atoms with E-state index in [0.29, 0.717) is 11.3 Å². The van der Waals surface area contributed by atoms with Crippen molar-refractivity contribution < 1.29 is 19.1 Å². The van der Waals surface area contributed by atoms with E-state index in [1.807, 2.05) is 0 Å². The van der Waals surface area contributed by atoms with Crippen LogP contribution in [0.5, 0.6) is 0 Å². The van der Waals surface area contributed by atoms with E-state index in [2.05, 4.69) is 27.3 Å². The van der Waals surface area contributed by atoms with E-state index >= 15 is 0 Å². The predicted molar refractivity (Wildman–Crippen MR) is 77.5 cm³/mol. The summed E-state index contributed by atoms with van der Waals surface area (Å²) < 4.78 is 10.7. The first kappa shape index (κ1) is 15.9. The topological polar surface area (TPSA) is 62.8 Å². The second-order valence-electron chi connectivity index (χ2n) is 5.97. The fraction of sp³-hybridized carbons (Fsp3) is 0.571. The van der Waals surface area contributed by atoms with E-state index in [1.54, 1.807) is 13.0 Å². The molecule has 1 aromatic rings. The molecule has 0 aromatic carbocycles. The van der Waals surface area contributed by atoms with Gasteiger partial charge in [0.05, 0.1) is 12.2 Å². The minimum Gasteiger partial charge on any atom is -0.506 e. The molecule has 0 aliphatic carbocycles. The predicted octanol–water partition coefficient (Wildman–Crippen LogP) is 4.06. The molecule has 1 rings (SSSR count). The molecule has 1 radical (unpaired) electrons. The smallest absolute Gasteiger partial charge is 0.209 e. The summed E-state index contributed by atoms with van der Waals surface area (Å²) in [7, 11) is -0.980. The molecule has 4 nitrogen and oxygen atoms in total. The summed E-state index contributed by atoms with van der Waals surface area (Å²) in [5, 5.41) is 19.7. The van der Waals surface area contributed by atoms with Crippen molar-refractivity contribution in [3.63, 3.8) is 0 Å². The Bertz CT molecular complexity index is 443. The molecular weight excluding hydrogens is 260 g/mol. The van der Waals surface area contributed by atoms with Gasteiger partial charge in [0.1, 0.15) is 12.0 Å². The van der Waals surface area contributed by atoms with Gasteiger partial charge in [-0.3, -0.25) is 0 Å². The second-order valence-corrected chi connectivity index (χ2v) is 8.02. The largest absolute Gasteiger partial charge is 0.506 e. The van der Waals surface area contributed by atoms with E-state index in [0.717, 1.165) is 6.04 Å². The first-order chi connectivity index (χ1) is 8.69. The molecule has 0 atom stereocenters. The molecule has 2 N–H and O–H groups in total. The number of furan rings is 1. The Morgan fingerprint density at radius 2 is 2.00 bits per heavy atom. The Morgan fingerprint density at radius 1 is 1.37 bits per heavy atom. The van der Waals surface area contributed by atoms with Crippen LogP contribution in [0.25, 0.3) is 5.76 Å². The minimum atomic E-state index is -0.980. The summed E-state index contributed by atoms with van der Waals surface area (Å²) in [4.78, 5) is 0. The third kappa shape index (κ3) is 5.53. The highest BCUT2D eigenvalue weighted by Gasteiger charge is 2.19. The Hall–Kier alpha value is -1.20. The van der Waals surface area contributed by atoms with Crippen LogP contribution >= 0.6 is 0 Å². The summed E-state index contributed by atoms with van der Waals surface area (Å²) in [5.74, 6) is 0.352. The quantitative estimate of drug-likeness (QED) is 0.632. The van der Waals surface area contributed by atoms with Crippen LogP contribution in [0.15, 0.2) is 22.5 Å². The molecule has 1 heterocycles. The molecule has 5 heteroatoms. The zero-order valence-corrected chi connectivity index (χ0v) is 13.3. The molecule has 0 unspecified atom stereocenters. The van der Waals surface area contributed by atoms with E-state index in [-0.39, 0.29) is 23.5 Å². The van der Waals surface area contributed by atoms with Crippen LogP contribution in [-0.2, 0) is 4.43 Å². The van der Waals surface area contributed by atoms with Crippen molar-refractivity contribution in [2.45, 2.75) is 40.3 Å². The van der Waals surface area contributed by atoms with Crippen molar-refractivity contribution in [3.05, 3.63) is 29.4 Å². The molecule has 1 aromatic heterocycles.